The molecule has 0 radical (unpaired) electrons. The van der Waals surface area contributed by atoms with Crippen molar-refractivity contribution >= 4 is 5.97 Å². The van der Waals surface area contributed by atoms with Crippen molar-refractivity contribution in [2.24, 2.45) is 0 Å². The van der Waals surface area contributed by atoms with Crippen molar-refractivity contribution < 1.29 is 14.6 Å². The SMILES string of the molecule is CCOC(=O)CCN(C)C(C)(C)CO. The van der Waals surface area contributed by atoms with Gasteiger partial charge in [-0.25, -0.2) is 0 Å². The summed E-state index contributed by atoms with van der Waals surface area (Å²) in [6, 6.07) is 0. The molecule has 14 heavy (non-hydrogen) atoms. The first-order valence-corrected chi connectivity index (χ1v) is 4.91. The highest BCUT2D eigenvalue weighted by atomic mass is 16.5. The van der Waals surface area contributed by atoms with Gasteiger partial charge in [0, 0.05) is 12.1 Å². The number of likely N-dealkylation sites (N-methyl/N-ethyl adjacent to an activating group) is 1. The zero-order chi connectivity index (χ0) is 11.2. The summed E-state index contributed by atoms with van der Waals surface area (Å²) in [4.78, 5) is 13.0. The van der Waals surface area contributed by atoms with Gasteiger partial charge in [-0.15, -0.1) is 0 Å². The van der Waals surface area contributed by atoms with Gasteiger partial charge < -0.3 is 9.84 Å². The lowest BCUT2D eigenvalue weighted by molar-refractivity contribution is -0.143. The van der Waals surface area contributed by atoms with E-state index in [1.165, 1.54) is 0 Å². The summed E-state index contributed by atoms with van der Waals surface area (Å²) >= 11 is 0. The zero-order valence-corrected chi connectivity index (χ0v) is 9.54. The van der Waals surface area contributed by atoms with E-state index in [-0.39, 0.29) is 18.1 Å². The number of aliphatic hydroxyl groups excluding tert-OH is 1. The normalized spacial score (nSPS) is 11.9. The molecule has 0 fully saturated rings. The van der Waals surface area contributed by atoms with E-state index < -0.39 is 0 Å². The number of nitrogens with zero attached hydrogens (tertiary/aromatic N) is 1. The molecule has 0 aromatic carbocycles. The topological polar surface area (TPSA) is 49.8 Å². The van der Waals surface area contributed by atoms with E-state index in [2.05, 4.69) is 0 Å². The predicted molar refractivity (Wildman–Crippen MR) is 55.0 cm³/mol. The van der Waals surface area contributed by atoms with Crippen LogP contribution >= 0.6 is 0 Å². The van der Waals surface area contributed by atoms with E-state index in [1.807, 2.05) is 25.8 Å². The van der Waals surface area contributed by atoms with Crippen molar-refractivity contribution in [3.8, 4) is 0 Å². The molecule has 0 aliphatic rings. The first kappa shape index (κ1) is 13.4. The van der Waals surface area contributed by atoms with Crippen LogP contribution in [0.25, 0.3) is 0 Å². The third-order valence-corrected chi connectivity index (χ3v) is 2.38. The molecule has 0 unspecified atom stereocenters. The fourth-order valence-electron chi connectivity index (χ4n) is 0.916. The lowest BCUT2D eigenvalue weighted by Crippen LogP contribution is -2.45. The summed E-state index contributed by atoms with van der Waals surface area (Å²) in [7, 11) is 1.88. The molecule has 0 aromatic heterocycles. The minimum atomic E-state index is -0.285. The first-order chi connectivity index (χ1) is 6.44. The summed E-state index contributed by atoms with van der Waals surface area (Å²) in [5, 5.41) is 9.08. The Morgan fingerprint density at radius 1 is 1.50 bits per heavy atom. The molecule has 0 aromatic rings. The highest BCUT2D eigenvalue weighted by molar-refractivity contribution is 5.69. The number of carbonyl (C=O) groups is 1. The molecule has 0 aliphatic heterocycles. The fraction of sp³-hybridized carbons (Fsp3) is 0.900. The lowest BCUT2D eigenvalue weighted by atomic mass is 10.1. The molecule has 0 amide bonds. The van der Waals surface area contributed by atoms with Gasteiger partial charge >= 0.3 is 5.97 Å². The number of hydrogen-bond acceptors (Lipinski definition) is 4. The van der Waals surface area contributed by atoms with Crippen molar-refractivity contribution in [1.82, 2.24) is 4.90 Å². The lowest BCUT2D eigenvalue weighted by Gasteiger charge is -2.33. The molecule has 0 saturated heterocycles. The number of aliphatic hydroxyl groups is 1. The van der Waals surface area contributed by atoms with Crippen LogP contribution in [0, 0.1) is 0 Å². The van der Waals surface area contributed by atoms with Gasteiger partial charge in [0.25, 0.3) is 0 Å². The number of carbonyl (C=O) groups excluding carboxylic acids is 1. The number of ether oxygens (including phenoxy) is 1. The maximum Gasteiger partial charge on any atom is 0.307 e. The van der Waals surface area contributed by atoms with Crippen molar-refractivity contribution in [1.29, 1.82) is 0 Å². The second kappa shape index (κ2) is 5.98. The van der Waals surface area contributed by atoms with Crippen molar-refractivity contribution in [2.75, 3.05) is 26.8 Å². The maximum absolute atomic E-state index is 11.1. The number of esters is 1. The quantitative estimate of drug-likeness (QED) is 0.644. The van der Waals surface area contributed by atoms with Crippen LogP contribution in [0.15, 0.2) is 0 Å². The standard InChI is InChI=1S/C10H21NO3/c1-5-14-9(13)6-7-11(4)10(2,3)8-12/h12H,5-8H2,1-4H3. The molecular formula is C10H21NO3. The Morgan fingerprint density at radius 3 is 2.50 bits per heavy atom. The van der Waals surface area contributed by atoms with Crippen LogP contribution in [0.1, 0.15) is 27.2 Å². The monoisotopic (exact) mass is 203 g/mol. The van der Waals surface area contributed by atoms with Crippen molar-refractivity contribution in [3.63, 3.8) is 0 Å². The molecule has 0 aliphatic carbocycles. The highest BCUT2D eigenvalue weighted by Crippen LogP contribution is 2.11. The first-order valence-electron chi connectivity index (χ1n) is 4.91. The van der Waals surface area contributed by atoms with Gasteiger partial charge in [-0.2, -0.15) is 0 Å². The molecule has 1 N–H and O–H groups in total. The smallest absolute Gasteiger partial charge is 0.307 e. The third-order valence-electron chi connectivity index (χ3n) is 2.38. The Kier molecular flexibility index (Phi) is 5.72. The van der Waals surface area contributed by atoms with E-state index in [0.29, 0.717) is 19.6 Å². The summed E-state index contributed by atoms with van der Waals surface area (Å²) in [5.41, 5.74) is -0.285. The molecule has 0 atom stereocenters. The van der Waals surface area contributed by atoms with E-state index in [9.17, 15) is 4.79 Å². The number of rotatable bonds is 6. The Labute approximate surface area is 85.9 Å². The second-order valence-corrected chi connectivity index (χ2v) is 3.95. The summed E-state index contributed by atoms with van der Waals surface area (Å²) < 4.78 is 4.81. The van der Waals surface area contributed by atoms with E-state index in [4.69, 9.17) is 9.84 Å². The fourth-order valence-corrected chi connectivity index (χ4v) is 0.916. The Bertz CT molecular complexity index is 180. The van der Waals surface area contributed by atoms with E-state index in [1.54, 1.807) is 6.92 Å². The Hall–Kier alpha value is -0.610. The van der Waals surface area contributed by atoms with E-state index >= 15 is 0 Å². The van der Waals surface area contributed by atoms with Crippen LogP contribution in [-0.4, -0.2) is 48.3 Å². The van der Waals surface area contributed by atoms with Gasteiger partial charge in [0.05, 0.1) is 19.6 Å². The minimum Gasteiger partial charge on any atom is -0.466 e. The Morgan fingerprint density at radius 2 is 2.07 bits per heavy atom. The van der Waals surface area contributed by atoms with Crippen molar-refractivity contribution in [3.05, 3.63) is 0 Å². The van der Waals surface area contributed by atoms with Crippen molar-refractivity contribution in [2.45, 2.75) is 32.7 Å². The largest absolute Gasteiger partial charge is 0.466 e. The summed E-state index contributed by atoms with van der Waals surface area (Å²) in [6.45, 7) is 6.75. The van der Waals surface area contributed by atoms with Gasteiger partial charge in [0.1, 0.15) is 0 Å². The van der Waals surface area contributed by atoms with Gasteiger partial charge in [0.15, 0.2) is 0 Å². The second-order valence-electron chi connectivity index (χ2n) is 3.95. The molecule has 0 bridgehead atoms. The molecule has 0 rings (SSSR count). The van der Waals surface area contributed by atoms with Gasteiger partial charge in [-0.05, 0) is 27.8 Å². The van der Waals surface area contributed by atoms with Crippen LogP contribution in [0.3, 0.4) is 0 Å². The molecule has 0 spiro atoms. The molecule has 4 heteroatoms. The molecule has 84 valence electrons. The molecule has 0 heterocycles. The molecule has 4 nitrogen and oxygen atoms in total. The van der Waals surface area contributed by atoms with Crippen LogP contribution in [0.4, 0.5) is 0 Å². The Balaban J connectivity index is 3.84. The van der Waals surface area contributed by atoms with Crippen LogP contribution in [0.5, 0.6) is 0 Å². The molecular weight excluding hydrogens is 182 g/mol. The third kappa shape index (κ3) is 4.58. The average Bonchev–Trinajstić information content (AvgIpc) is 2.14. The zero-order valence-electron chi connectivity index (χ0n) is 9.54. The van der Waals surface area contributed by atoms with Gasteiger partial charge in [-0.3, -0.25) is 9.69 Å². The number of hydrogen-bond donors (Lipinski definition) is 1. The van der Waals surface area contributed by atoms with Crippen LogP contribution < -0.4 is 0 Å². The van der Waals surface area contributed by atoms with E-state index in [0.717, 1.165) is 0 Å². The van der Waals surface area contributed by atoms with Gasteiger partial charge in [-0.1, -0.05) is 0 Å². The highest BCUT2D eigenvalue weighted by Gasteiger charge is 2.22. The van der Waals surface area contributed by atoms with Crippen LogP contribution in [-0.2, 0) is 9.53 Å². The summed E-state index contributed by atoms with van der Waals surface area (Å²) in [6.07, 6.45) is 0.369. The minimum absolute atomic E-state index is 0.0757. The molecule has 0 saturated carbocycles. The predicted octanol–water partition coefficient (Wildman–Crippen LogP) is 0.642. The maximum atomic E-state index is 11.1. The summed E-state index contributed by atoms with van der Waals surface area (Å²) in [5.74, 6) is -0.187. The van der Waals surface area contributed by atoms with Crippen LogP contribution in [0.2, 0.25) is 0 Å². The average molecular weight is 203 g/mol. The van der Waals surface area contributed by atoms with Gasteiger partial charge in [0.2, 0.25) is 0 Å².